The first kappa shape index (κ1) is 17.5. The zero-order valence-electron chi connectivity index (χ0n) is 14.3. The summed E-state index contributed by atoms with van der Waals surface area (Å²) in [5.74, 6) is 1.29. The molecule has 3 rings (SSSR count). The molecule has 0 aliphatic heterocycles. The summed E-state index contributed by atoms with van der Waals surface area (Å²) in [6, 6.07) is 20.7. The summed E-state index contributed by atoms with van der Waals surface area (Å²) >= 11 is 0. The Labute approximate surface area is 152 Å². The van der Waals surface area contributed by atoms with Gasteiger partial charge in [-0.15, -0.1) is 0 Å². The van der Waals surface area contributed by atoms with Crippen molar-refractivity contribution in [3.05, 3.63) is 90.3 Å². The van der Waals surface area contributed by atoms with Crippen molar-refractivity contribution in [2.45, 2.75) is 13.2 Å². The summed E-state index contributed by atoms with van der Waals surface area (Å²) in [5.41, 5.74) is 2.01. The number of carbonyl (C=O) groups is 1. The third-order valence-electron chi connectivity index (χ3n) is 3.65. The molecule has 0 fully saturated rings. The molecule has 0 spiro atoms. The number of aromatic nitrogens is 1. The quantitative estimate of drug-likeness (QED) is 0.678. The molecule has 0 saturated heterocycles. The van der Waals surface area contributed by atoms with E-state index >= 15 is 0 Å². The summed E-state index contributed by atoms with van der Waals surface area (Å²) in [6.07, 6.45) is 3.51. The second kappa shape index (κ2) is 9.22. The zero-order valence-corrected chi connectivity index (χ0v) is 14.3. The Kier molecular flexibility index (Phi) is 6.20. The summed E-state index contributed by atoms with van der Waals surface area (Å²) in [6.45, 7) is 0.914. The van der Waals surface area contributed by atoms with E-state index in [4.69, 9.17) is 9.47 Å². The Morgan fingerprint density at radius 1 is 0.846 bits per heavy atom. The highest BCUT2D eigenvalue weighted by molar-refractivity contribution is 5.77. The highest BCUT2D eigenvalue weighted by Gasteiger charge is 2.03. The number of nitrogens with zero attached hydrogens (tertiary/aromatic N) is 1. The maximum atomic E-state index is 11.8. The van der Waals surface area contributed by atoms with E-state index in [0.29, 0.717) is 18.9 Å². The van der Waals surface area contributed by atoms with Crippen LogP contribution in [0.25, 0.3) is 0 Å². The lowest BCUT2D eigenvalue weighted by molar-refractivity contribution is -0.123. The Morgan fingerprint density at radius 3 is 2.35 bits per heavy atom. The van der Waals surface area contributed by atoms with Crippen LogP contribution in [0.3, 0.4) is 0 Å². The van der Waals surface area contributed by atoms with Gasteiger partial charge in [0.2, 0.25) is 0 Å². The van der Waals surface area contributed by atoms with E-state index in [0.717, 1.165) is 16.9 Å². The van der Waals surface area contributed by atoms with Crippen LogP contribution in [0.15, 0.2) is 79.1 Å². The number of hydrogen-bond donors (Lipinski definition) is 1. The number of hydrogen-bond acceptors (Lipinski definition) is 4. The normalized spacial score (nSPS) is 10.2. The van der Waals surface area contributed by atoms with Gasteiger partial charge in [0.05, 0.1) is 0 Å². The minimum absolute atomic E-state index is 0.00365. The molecule has 0 bridgehead atoms. The van der Waals surface area contributed by atoms with Gasteiger partial charge in [0, 0.05) is 24.5 Å². The lowest BCUT2D eigenvalue weighted by Crippen LogP contribution is -2.28. The first-order valence-corrected chi connectivity index (χ1v) is 8.35. The maximum Gasteiger partial charge on any atom is 0.258 e. The fourth-order valence-electron chi connectivity index (χ4n) is 2.27. The van der Waals surface area contributed by atoms with Crippen LogP contribution in [-0.4, -0.2) is 17.5 Å². The molecule has 0 aliphatic rings. The highest BCUT2D eigenvalue weighted by Crippen LogP contribution is 2.14. The lowest BCUT2D eigenvalue weighted by atomic mass is 10.2. The van der Waals surface area contributed by atoms with Gasteiger partial charge in [-0.3, -0.25) is 9.78 Å². The van der Waals surface area contributed by atoms with E-state index in [9.17, 15) is 4.79 Å². The Morgan fingerprint density at radius 2 is 1.62 bits per heavy atom. The molecule has 0 unspecified atom stereocenters. The predicted molar refractivity (Wildman–Crippen MR) is 98.8 cm³/mol. The third-order valence-corrected chi connectivity index (χ3v) is 3.65. The lowest BCUT2D eigenvalue weighted by Gasteiger charge is -2.09. The summed E-state index contributed by atoms with van der Waals surface area (Å²) in [7, 11) is 0. The molecule has 5 nitrogen and oxygen atoms in total. The van der Waals surface area contributed by atoms with Crippen molar-refractivity contribution in [3.8, 4) is 11.5 Å². The number of pyridine rings is 1. The van der Waals surface area contributed by atoms with Gasteiger partial charge < -0.3 is 14.8 Å². The number of carbonyl (C=O) groups excluding carboxylic acids is 1. The average molecular weight is 348 g/mol. The van der Waals surface area contributed by atoms with Crippen molar-refractivity contribution < 1.29 is 14.3 Å². The van der Waals surface area contributed by atoms with Crippen LogP contribution < -0.4 is 14.8 Å². The first-order valence-electron chi connectivity index (χ1n) is 8.35. The molecule has 0 atom stereocenters. The van der Waals surface area contributed by atoms with Crippen molar-refractivity contribution in [2.75, 3.05) is 6.61 Å². The van der Waals surface area contributed by atoms with E-state index in [2.05, 4.69) is 10.3 Å². The van der Waals surface area contributed by atoms with Crippen LogP contribution in [0, 0.1) is 0 Å². The van der Waals surface area contributed by atoms with Crippen molar-refractivity contribution in [1.82, 2.24) is 10.3 Å². The van der Waals surface area contributed by atoms with Crippen molar-refractivity contribution in [3.63, 3.8) is 0 Å². The van der Waals surface area contributed by atoms with Crippen molar-refractivity contribution in [2.24, 2.45) is 0 Å². The number of benzene rings is 2. The molecule has 0 saturated carbocycles. The smallest absolute Gasteiger partial charge is 0.258 e. The largest absolute Gasteiger partial charge is 0.489 e. The minimum Gasteiger partial charge on any atom is -0.489 e. The van der Waals surface area contributed by atoms with Crippen LogP contribution in [0.5, 0.6) is 11.5 Å². The van der Waals surface area contributed by atoms with E-state index in [1.54, 1.807) is 12.4 Å². The van der Waals surface area contributed by atoms with Crippen molar-refractivity contribution >= 4 is 5.91 Å². The Balaban J connectivity index is 1.40. The molecule has 1 N–H and O–H groups in total. The fourth-order valence-corrected chi connectivity index (χ4v) is 2.27. The molecule has 132 valence electrons. The molecule has 1 heterocycles. The standard InChI is InChI=1S/C21H20N2O3/c24-21(16-26-19-6-2-1-3-7-19)23-14-17-8-10-20(11-9-17)25-15-18-5-4-12-22-13-18/h1-13H,14-16H2,(H,23,24). The monoisotopic (exact) mass is 348 g/mol. The van der Waals surface area contributed by atoms with E-state index in [-0.39, 0.29) is 12.5 Å². The second-order valence-corrected chi connectivity index (χ2v) is 5.67. The average Bonchev–Trinajstić information content (AvgIpc) is 2.71. The molecule has 0 aliphatic carbocycles. The molecule has 2 aromatic carbocycles. The molecule has 5 heteroatoms. The number of ether oxygens (including phenoxy) is 2. The predicted octanol–water partition coefficient (Wildman–Crippen LogP) is 3.36. The summed E-state index contributed by atoms with van der Waals surface area (Å²) in [4.78, 5) is 15.9. The maximum absolute atomic E-state index is 11.8. The second-order valence-electron chi connectivity index (χ2n) is 5.67. The van der Waals surface area contributed by atoms with Gasteiger partial charge >= 0.3 is 0 Å². The SMILES string of the molecule is O=C(COc1ccccc1)NCc1ccc(OCc2cccnc2)cc1. The van der Waals surface area contributed by atoms with E-state index in [1.165, 1.54) is 0 Å². The van der Waals surface area contributed by atoms with Gasteiger partial charge in [-0.1, -0.05) is 36.4 Å². The summed E-state index contributed by atoms with van der Waals surface area (Å²) in [5, 5.41) is 2.83. The first-order chi connectivity index (χ1) is 12.8. The molecule has 1 amide bonds. The van der Waals surface area contributed by atoms with Gasteiger partial charge in [-0.05, 0) is 35.9 Å². The molecule has 1 aromatic heterocycles. The van der Waals surface area contributed by atoms with Gasteiger partial charge in [-0.25, -0.2) is 0 Å². The minimum atomic E-state index is -0.161. The molecule has 3 aromatic rings. The van der Waals surface area contributed by atoms with Crippen LogP contribution >= 0.6 is 0 Å². The molecule has 0 radical (unpaired) electrons. The summed E-state index contributed by atoms with van der Waals surface area (Å²) < 4.78 is 11.1. The van der Waals surface area contributed by atoms with Gasteiger partial charge in [0.15, 0.2) is 6.61 Å². The van der Waals surface area contributed by atoms with Crippen LogP contribution in [0.4, 0.5) is 0 Å². The van der Waals surface area contributed by atoms with Gasteiger partial charge in [0.1, 0.15) is 18.1 Å². The van der Waals surface area contributed by atoms with E-state index in [1.807, 2.05) is 66.7 Å². The Bertz CT molecular complexity index is 806. The molecular weight excluding hydrogens is 328 g/mol. The van der Waals surface area contributed by atoms with Crippen LogP contribution in [-0.2, 0) is 17.9 Å². The topological polar surface area (TPSA) is 60.5 Å². The third kappa shape index (κ3) is 5.63. The number of rotatable bonds is 8. The zero-order chi connectivity index (χ0) is 18.0. The van der Waals surface area contributed by atoms with Crippen LogP contribution in [0.2, 0.25) is 0 Å². The number of amides is 1. The van der Waals surface area contributed by atoms with Crippen LogP contribution in [0.1, 0.15) is 11.1 Å². The van der Waals surface area contributed by atoms with E-state index < -0.39 is 0 Å². The number of para-hydroxylation sites is 1. The van der Waals surface area contributed by atoms with Gasteiger partial charge in [-0.2, -0.15) is 0 Å². The fraction of sp³-hybridized carbons (Fsp3) is 0.143. The highest BCUT2D eigenvalue weighted by atomic mass is 16.5. The van der Waals surface area contributed by atoms with Gasteiger partial charge in [0.25, 0.3) is 5.91 Å². The molecular formula is C21H20N2O3. The number of nitrogens with one attached hydrogen (secondary N) is 1. The van der Waals surface area contributed by atoms with Crippen molar-refractivity contribution in [1.29, 1.82) is 0 Å². The Hall–Kier alpha value is -3.34. The molecule has 26 heavy (non-hydrogen) atoms.